The van der Waals surface area contributed by atoms with Crippen LogP contribution in [0.2, 0.25) is 0 Å². The summed E-state index contributed by atoms with van der Waals surface area (Å²) in [6, 6.07) is 7.46. The van der Waals surface area contributed by atoms with Crippen LogP contribution < -0.4 is 11.1 Å². The molecule has 1 aromatic carbocycles. The fourth-order valence-electron chi connectivity index (χ4n) is 2.24. The largest absolute Gasteiger partial charge is 0.382 e. The predicted octanol–water partition coefficient (Wildman–Crippen LogP) is 4.02. The average Bonchev–Trinajstić information content (AvgIpc) is 2.81. The minimum Gasteiger partial charge on any atom is -0.382 e. The number of carbonyl (C=O) groups is 1. The standard InChI is InChI=1S/C16H13Br2N5O/c1-8(2)16(24)22-10-5-3-9(4-6-10)11-12(17)13-15(19)20-7-21-23(13)14(11)18/h3-7H,1H2,2H3,(H,22,24)(H2,19,20,21). The Balaban J connectivity index is 2.04. The van der Waals surface area contributed by atoms with E-state index in [2.05, 4.69) is 53.8 Å². The first-order valence-corrected chi connectivity index (χ1v) is 8.52. The van der Waals surface area contributed by atoms with E-state index < -0.39 is 0 Å². The van der Waals surface area contributed by atoms with Crippen molar-refractivity contribution in [3.63, 3.8) is 0 Å². The number of amides is 1. The number of halogens is 2. The third-order valence-corrected chi connectivity index (χ3v) is 4.96. The molecule has 8 heteroatoms. The van der Waals surface area contributed by atoms with Gasteiger partial charge < -0.3 is 11.1 Å². The number of nitrogens with zero attached hydrogens (tertiary/aromatic N) is 3. The summed E-state index contributed by atoms with van der Waals surface area (Å²) in [5.74, 6) is 0.178. The van der Waals surface area contributed by atoms with Crippen LogP contribution in [0, 0.1) is 0 Å². The quantitative estimate of drug-likeness (QED) is 0.590. The first-order chi connectivity index (χ1) is 11.4. The van der Waals surface area contributed by atoms with Crippen LogP contribution in [0.15, 0.2) is 51.8 Å². The molecule has 3 rings (SSSR count). The average molecular weight is 451 g/mol. The molecule has 0 unspecified atom stereocenters. The maximum Gasteiger partial charge on any atom is 0.250 e. The van der Waals surface area contributed by atoms with Gasteiger partial charge in [-0.15, -0.1) is 0 Å². The maximum atomic E-state index is 11.7. The lowest BCUT2D eigenvalue weighted by Crippen LogP contribution is -2.11. The van der Waals surface area contributed by atoms with Gasteiger partial charge in [0.05, 0.1) is 4.47 Å². The summed E-state index contributed by atoms with van der Waals surface area (Å²) in [6.45, 7) is 5.28. The molecule has 0 spiro atoms. The van der Waals surface area contributed by atoms with Crippen molar-refractivity contribution in [1.82, 2.24) is 14.6 Å². The summed E-state index contributed by atoms with van der Waals surface area (Å²) in [5.41, 5.74) is 9.63. The van der Waals surface area contributed by atoms with Gasteiger partial charge in [0.1, 0.15) is 16.4 Å². The van der Waals surface area contributed by atoms with E-state index in [-0.39, 0.29) is 5.91 Å². The first kappa shape index (κ1) is 16.7. The molecule has 3 N–H and O–H groups in total. The van der Waals surface area contributed by atoms with Crippen LogP contribution >= 0.6 is 31.9 Å². The Morgan fingerprint density at radius 2 is 1.96 bits per heavy atom. The molecule has 0 radical (unpaired) electrons. The Bertz CT molecular complexity index is 963. The summed E-state index contributed by atoms with van der Waals surface area (Å²) in [4.78, 5) is 15.7. The van der Waals surface area contributed by atoms with E-state index in [1.54, 1.807) is 11.4 Å². The molecule has 0 atom stereocenters. The highest BCUT2D eigenvalue weighted by Gasteiger charge is 2.19. The van der Waals surface area contributed by atoms with Gasteiger partial charge in [-0.1, -0.05) is 18.7 Å². The summed E-state index contributed by atoms with van der Waals surface area (Å²) in [5, 5.41) is 6.98. The van der Waals surface area contributed by atoms with Crippen molar-refractivity contribution in [3.05, 3.63) is 51.8 Å². The van der Waals surface area contributed by atoms with Crippen molar-refractivity contribution < 1.29 is 4.79 Å². The van der Waals surface area contributed by atoms with Gasteiger partial charge in [-0.2, -0.15) is 5.10 Å². The number of rotatable bonds is 3. The van der Waals surface area contributed by atoms with Gasteiger partial charge in [0, 0.05) is 16.8 Å². The van der Waals surface area contributed by atoms with E-state index in [0.29, 0.717) is 22.6 Å². The number of hydrogen-bond donors (Lipinski definition) is 2. The predicted molar refractivity (Wildman–Crippen MR) is 102 cm³/mol. The van der Waals surface area contributed by atoms with Crippen molar-refractivity contribution >= 4 is 54.8 Å². The zero-order valence-electron chi connectivity index (χ0n) is 12.7. The van der Waals surface area contributed by atoms with Crippen molar-refractivity contribution in [1.29, 1.82) is 0 Å². The van der Waals surface area contributed by atoms with Crippen LogP contribution in [0.25, 0.3) is 16.6 Å². The van der Waals surface area contributed by atoms with Crippen molar-refractivity contribution in [2.45, 2.75) is 6.92 Å². The molecule has 0 aliphatic heterocycles. The Hall–Kier alpha value is -2.19. The number of nitrogens with one attached hydrogen (secondary N) is 1. The van der Waals surface area contributed by atoms with Crippen LogP contribution in [0.4, 0.5) is 11.5 Å². The monoisotopic (exact) mass is 449 g/mol. The SMILES string of the molecule is C=C(C)C(=O)Nc1ccc(-c2c(Br)c3c(N)ncnn3c2Br)cc1. The van der Waals surface area contributed by atoms with Gasteiger partial charge in [0.15, 0.2) is 5.82 Å². The molecule has 0 saturated carbocycles. The zero-order chi connectivity index (χ0) is 17.4. The van der Waals surface area contributed by atoms with Gasteiger partial charge >= 0.3 is 0 Å². The molecule has 1 amide bonds. The second-order valence-electron chi connectivity index (χ2n) is 5.20. The smallest absolute Gasteiger partial charge is 0.250 e. The molecule has 122 valence electrons. The third-order valence-electron chi connectivity index (χ3n) is 3.46. The molecule has 0 bridgehead atoms. The number of nitrogen functional groups attached to an aromatic ring is 1. The molecular formula is C16H13Br2N5O. The normalized spacial score (nSPS) is 10.8. The summed E-state index contributed by atoms with van der Waals surface area (Å²) in [6.07, 6.45) is 1.40. The highest BCUT2D eigenvalue weighted by atomic mass is 79.9. The van der Waals surface area contributed by atoms with E-state index in [4.69, 9.17) is 5.73 Å². The molecule has 0 saturated heterocycles. The number of aromatic nitrogens is 3. The number of carbonyl (C=O) groups excluding carboxylic acids is 1. The zero-order valence-corrected chi connectivity index (χ0v) is 15.8. The van der Waals surface area contributed by atoms with Gasteiger partial charge in [-0.25, -0.2) is 9.50 Å². The highest BCUT2D eigenvalue weighted by molar-refractivity contribution is 9.11. The van der Waals surface area contributed by atoms with Crippen LogP contribution in [0.5, 0.6) is 0 Å². The molecular weight excluding hydrogens is 438 g/mol. The van der Waals surface area contributed by atoms with Crippen molar-refractivity contribution in [2.24, 2.45) is 0 Å². The third kappa shape index (κ3) is 2.83. The Labute approximate surface area is 155 Å². The molecule has 3 aromatic rings. The second-order valence-corrected chi connectivity index (χ2v) is 6.74. The van der Waals surface area contributed by atoms with Gasteiger partial charge in [0.2, 0.25) is 0 Å². The van der Waals surface area contributed by atoms with Gasteiger partial charge in [-0.05, 0) is 56.5 Å². The van der Waals surface area contributed by atoms with E-state index >= 15 is 0 Å². The number of hydrogen-bond acceptors (Lipinski definition) is 4. The Kier molecular flexibility index (Phi) is 4.42. The second kappa shape index (κ2) is 6.37. The van der Waals surface area contributed by atoms with Gasteiger partial charge in [-0.3, -0.25) is 4.79 Å². The number of benzene rings is 1. The highest BCUT2D eigenvalue weighted by Crippen LogP contribution is 2.41. The lowest BCUT2D eigenvalue weighted by atomic mass is 10.1. The molecule has 24 heavy (non-hydrogen) atoms. The number of nitrogens with two attached hydrogens (primary N) is 1. The van der Waals surface area contributed by atoms with Gasteiger partial charge in [0.25, 0.3) is 5.91 Å². The van der Waals surface area contributed by atoms with Crippen molar-refractivity contribution in [2.75, 3.05) is 11.1 Å². The minimum atomic E-state index is -0.206. The lowest BCUT2D eigenvalue weighted by molar-refractivity contribution is -0.112. The van der Waals surface area contributed by atoms with Crippen LogP contribution in [0.3, 0.4) is 0 Å². The van der Waals surface area contributed by atoms with Crippen LogP contribution in [0.1, 0.15) is 6.92 Å². The Morgan fingerprint density at radius 1 is 1.29 bits per heavy atom. The molecule has 0 aliphatic carbocycles. The van der Waals surface area contributed by atoms with Crippen LogP contribution in [-0.2, 0) is 4.79 Å². The fourth-order valence-corrected chi connectivity index (χ4v) is 3.99. The van der Waals surface area contributed by atoms with E-state index in [0.717, 1.165) is 20.2 Å². The molecule has 6 nitrogen and oxygen atoms in total. The van der Waals surface area contributed by atoms with Crippen molar-refractivity contribution in [3.8, 4) is 11.1 Å². The fraction of sp³-hybridized carbons (Fsp3) is 0.0625. The minimum absolute atomic E-state index is 0.206. The number of fused-ring (bicyclic) bond motifs is 1. The molecule has 0 fully saturated rings. The molecule has 2 aromatic heterocycles. The molecule has 0 aliphatic rings. The maximum absolute atomic E-state index is 11.7. The van der Waals surface area contributed by atoms with E-state index in [1.807, 2.05) is 24.3 Å². The lowest BCUT2D eigenvalue weighted by Gasteiger charge is -2.06. The summed E-state index contributed by atoms with van der Waals surface area (Å²) >= 11 is 7.13. The van der Waals surface area contributed by atoms with E-state index in [1.165, 1.54) is 6.33 Å². The van der Waals surface area contributed by atoms with E-state index in [9.17, 15) is 4.79 Å². The first-order valence-electron chi connectivity index (χ1n) is 6.93. The number of anilines is 2. The summed E-state index contributed by atoms with van der Waals surface area (Å²) in [7, 11) is 0. The molecule has 2 heterocycles. The Morgan fingerprint density at radius 3 is 2.54 bits per heavy atom. The summed E-state index contributed by atoms with van der Waals surface area (Å²) < 4.78 is 3.24. The van der Waals surface area contributed by atoms with Crippen LogP contribution in [-0.4, -0.2) is 20.5 Å². The topological polar surface area (TPSA) is 85.3 Å².